The quantitative estimate of drug-likeness (QED) is 0.241. The smallest absolute Gasteiger partial charge is 0.337 e. The number of carboxylic acid groups (broad SMARTS) is 1. The van der Waals surface area contributed by atoms with E-state index in [0.29, 0.717) is 0 Å². The topological polar surface area (TPSA) is 98.0 Å². The Hall–Kier alpha value is -0.585. The van der Waals surface area contributed by atoms with E-state index < -0.39 is 17.8 Å². The van der Waals surface area contributed by atoms with Gasteiger partial charge < -0.3 is 20.4 Å². The summed E-state index contributed by atoms with van der Waals surface area (Å²) in [6.07, 6.45) is -2.38. The molecule has 1 atom stereocenters. The molecule has 0 spiro atoms. The second-order valence-corrected chi connectivity index (χ2v) is 1.52. The average Bonchev–Trinajstić information content (AvgIpc) is 1.62. The molecule has 0 aliphatic heterocycles. The van der Waals surface area contributed by atoms with Gasteiger partial charge in [0.2, 0.25) is 0 Å². The third-order valence-electron chi connectivity index (χ3n) is 0.636. The number of aliphatic carboxylic acids is 1. The van der Waals surface area contributed by atoms with E-state index >= 15 is 0 Å². The van der Waals surface area contributed by atoms with Gasteiger partial charge in [-0.3, -0.25) is 0 Å². The standard InChI is InChI=1S/C3H5BO5/c4-3(8,9)1(5)2(6)7/h1,5,8-9H,(H,6,7). The van der Waals surface area contributed by atoms with Gasteiger partial charge in [0.05, 0.1) is 0 Å². The van der Waals surface area contributed by atoms with E-state index in [9.17, 15) is 4.79 Å². The van der Waals surface area contributed by atoms with Gasteiger partial charge in [-0.1, -0.05) is 0 Å². The molecule has 0 aromatic carbocycles. The highest BCUT2D eigenvalue weighted by atomic mass is 16.5. The fourth-order valence-electron chi connectivity index (χ4n) is 0.182. The second kappa shape index (κ2) is 2.34. The summed E-state index contributed by atoms with van der Waals surface area (Å²) in [7, 11) is 4.36. The molecule has 0 heterocycles. The van der Waals surface area contributed by atoms with Gasteiger partial charge in [-0.15, -0.1) is 0 Å². The highest BCUT2D eigenvalue weighted by Crippen LogP contribution is 1.99. The van der Waals surface area contributed by atoms with Crippen molar-refractivity contribution in [2.75, 3.05) is 0 Å². The van der Waals surface area contributed by atoms with Gasteiger partial charge in [0.1, 0.15) is 5.69 Å². The van der Waals surface area contributed by atoms with Crippen LogP contribution in [0.25, 0.3) is 0 Å². The molecule has 2 radical (unpaired) electrons. The molecule has 5 nitrogen and oxygen atoms in total. The largest absolute Gasteiger partial charge is 0.479 e. The zero-order valence-electron chi connectivity index (χ0n) is 4.35. The second-order valence-electron chi connectivity index (χ2n) is 1.52. The maximum absolute atomic E-state index is 9.70. The lowest BCUT2D eigenvalue weighted by Crippen LogP contribution is -2.47. The molecule has 4 N–H and O–H groups in total. The first-order chi connectivity index (χ1) is 3.85. The van der Waals surface area contributed by atoms with Crippen molar-refractivity contribution in [3.63, 3.8) is 0 Å². The highest BCUT2D eigenvalue weighted by Gasteiger charge is 2.32. The van der Waals surface area contributed by atoms with E-state index in [1.54, 1.807) is 0 Å². The summed E-state index contributed by atoms with van der Waals surface area (Å²) < 4.78 is 0. The van der Waals surface area contributed by atoms with Crippen molar-refractivity contribution in [1.29, 1.82) is 0 Å². The van der Waals surface area contributed by atoms with Crippen molar-refractivity contribution in [3.05, 3.63) is 0 Å². The number of rotatable bonds is 2. The van der Waals surface area contributed by atoms with Crippen LogP contribution < -0.4 is 0 Å². The minimum atomic E-state index is -3.06. The summed E-state index contributed by atoms with van der Waals surface area (Å²) in [5.41, 5.74) is -3.06. The van der Waals surface area contributed by atoms with Crippen LogP contribution >= 0.6 is 0 Å². The molecule has 0 bridgehead atoms. The summed E-state index contributed by atoms with van der Waals surface area (Å²) in [4.78, 5) is 9.70. The molecule has 0 saturated heterocycles. The molecule has 0 amide bonds. The van der Waals surface area contributed by atoms with Crippen LogP contribution in [0.4, 0.5) is 0 Å². The van der Waals surface area contributed by atoms with Crippen molar-refractivity contribution in [3.8, 4) is 0 Å². The lowest BCUT2D eigenvalue weighted by molar-refractivity contribution is -0.187. The maximum atomic E-state index is 9.70. The van der Waals surface area contributed by atoms with E-state index in [2.05, 4.69) is 7.85 Å². The number of aliphatic hydroxyl groups is 3. The molecule has 0 aromatic heterocycles. The van der Waals surface area contributed by atoms with Crippen LogP contribution in [0.5, 0.6) is 0 Å². The molecular formula is C3H5BO5. The first-order valence-corrected chi connectivity index (χ1v) is 2.00. The molecule has 50 valence electrons. The Labute approximate surface area is 52.0 Å². The summed E-state index contributed by atoms with van der Waals surface area (Å²) in [5, 5.41) is 32.4. The van der Waals surface area contributed by atoms with Gasteiger partial charge >= 0.3 is 5.97 Å². The molecule has 0 aliphatic carbocycles. The van der Waals surface area contributed by atoms with Crippen LogP contribution in [0.3, 0.4) is 0 Å². The predicted octanol–water partition coefficient (Wildman–Crippen LogP) is -2.76. The normalized spacial score (nSPS) is 15.0. The molecule has 0 saturated carbocycles. The fraction of sp³-hybridized carbons (Fsp3) is 0.667. The Balaban J connectivity index is 4.04. The van der Waals surface area contributed by atoms with Crippen molar-refractivity contribution >= 4 is 13.8 Å². The van der Waals surface area contributed by atoms with Crippen molar-refractivity contribution in [1.82, 2.24) is 0 Å². The maximum Gasteiger partial charge on any atom is 0.337 e. The van der Waals surface area contributed by atoms with Crippen LogP contribution in [0.2, 0.25) is 0 Å². The molecule has 0 rings (SSSR count). The van der Waals surface area contributed by atoms with E-state index in [1.165, 1.54) is 0 Å². The van der Waals surface area contributed by atoms with E-state index in [-0.39, 0.29) is 0 Å². The zero-order chi connectivity index (χ0) is 7.65. The lowest BCUT2D eigenvalue weighted by Gasteiger charge is -2.19. The van der Waals surface area contributed by atoms with Gasteiger partial charge in [-0.05, 0) is 0 Å². The molecule has 0 aromatic rings. The monoisotopic (exact) mass is 132 g/mol. The number of carbonyl (C=O) groups is 1. The number of carboxylic acids is 1. The molecular weight excluding hydrogens is 127 g/mol. The first-order valence-electron chi connectivity index (χ1n) is 2.00. The first kappa shape index (κ1) is 8.41. The summed E-state index contributed by atoms with van der Waals surface area (Å²) >= 11 is 0. The zero-order valence-corrected chi connectivity index (χ0v) is 4.35. The van der Waals surface area contributed by atoms with Crippen LogP contribution in [-0.4, -0.2) is 46.0 Å². The van der Waals surface area contributed by atoms with Crippen LogP contribution in [0.1, 0.15) is 0 Å². The average molecular weight is 132 g/mol. The molecule has 1 unspecified atom stereocenters. The number of hydrogen-bond donors (Lipinski definition) is 4. The van der Waals surface area contributed by atoms with Crippen LogP contribution in [0.15, 0.2) is 0 Å². The number of aliphatic hydroxyl groups excluding tert-OH is 1. The predicted molar refractivity (Wildman–Crippen MR) is 26.6 cm³/mol. The third-order valence-corrected chi connectivity index (χ3v) is 0.636. The van der Waals surface area contributed by atoms with Gasteiger partial charge in [-0.25, -0.2) is 4.79 Å². The summed E-state index contributed by atoms with van der Waals surface area (Å²) in [6, 6.07) is 0. The highest BCUT2D eigenvalue weighted by molar-refractivity contribution is 6.15. The summed E-state index contributed by atoms with van der Waals surface area (Å²) in [6.45, 7) is 0. The van der Waals surface area contributed by atoms with Gasteiger partial charge in [0, 0.05) is 0 Å². The minimum absolute atomic E-state index is 1.79. The van der Waals surface area contributed by atoms with Crippen molar-refractivity contribution in [2.45, 2.75) is 11.8 Å². The fourth-order valence-corrected chi connectivity index (χ4v) is 0.182. The molecule has 6 heteroatoms. The van der Waals surface area contributed by atoms with Gasteiger partial charge in [-0.2, -0.15) is 0 Å². The van der Waals surface area contributed by atoms with Gasteiger partial charge in [0.15, 0.2) is 14.0 Å². The Kier molecular flexibility index (Phi) is 2.19. The molecule has 0 aliphatic rings. The number of hydrogen-bond acceptors (Lipinski definition) is 4. The SMILES string of the molecule is [B]C(O)(O)C(O)C(=O)O. The molecule has 0 fully saturated rings. The van der Waals surface area contributed by atoms with E-state index in [4.69, 9.17) is 20.4 Å². The van der Waals surface area contributed by atoms with Gasteiger partial charge in [0.25, 0.3) is 0 Å². The van der Waals surface area contributed by atoms with Crippen molar-refractivity contribution < 1.29 is 25.2 Å². The Bertz CT molecular complexity index is 116. The van der Waals surface area contributed by atoms with E-state index in [1.807, 2.05) is 0 Å². The molecule has 9 heavy (non-hydrogen) atoms. The minimum Gasteiger partial charge on any atom is -0.479 e. The Morgan fingerprint density at radius 3 is 1.89 bits per heavy atom. The Morgan fingerprint density at radius 2 is 1.89 bits per heavy atom. The summed E-state index contributed by atoms with van der Waals surface area (Å²) in [5.74, 6) is -1.79. The lowest BCUT2D eigenvalue weighted by atomic mass is 9.89. The van der Waals surface area contributed by atoms with E-state index in [0.717, 1.165) is 0 Å². The van der Waals surface area contributed by atoms with Crippen LogP contribution in [-0.2, 0) is 4.79 Å². The third kappa shape index (κ3) is 2.45. The Morgan fingerprint density at radius 1 is 1.56 bits per heavy atom. The van der Waals surface area contributed by atoms with Crippen LogP contribution in [0, 0.1) is 0 Å². The van der Waals surface area contributed by atoms with Crippen molar-refractivity contribution in [2.24, 2.45) is 0 Å².